The second-order valence-electron chi connectivity index (χ2n) is 8.35. The molecular formula is C26H20F4N4O2. The molecule has 5 rings (SSSR count). The third kappa shape index (κ3) is 5.07. The van der Waals surface area contributed by atoms with Crippen LogP contribution in [0.15, 0.2) is 66.9 Å². The molecule has 0 radical (unpaired) electrons. The van der Waals surface area contributed by atoms with Gasteiger partial charge < -0.3 is 15.0 Å². The largest absolute Gasteiger partial charge is 0.454 e. The number of ether oxygens (including phenoxy) is 1. The summed E-state index contributed by atoms with van der Waals surface area (Å²) in [7, 11) is 0. The van der Waals surface area contributed by atoms with Crippen molar-refractivity contribution in [3.63, 3.8) is 0 Å². The number of carbonyl (C=O) groups excluding carboxylic acids is 1. The van der Waals surface area contributed by atoms with Gasteiger partial charge in [0.05, 0.1) is 22.8 Å². The van der Waals surface area contributed by atoms with Crippen LogP contribution < -0.4 is 15.0 Å². The lowest BCUT2D eigenvalue weighted by molar-refractivity contribution is -0.137. The number of rotatable bonds is 5. The van der Waals surface area contributed by atoms with E-state index in [0.717, 1.165) is 56.0 Å². The van der Waals surface area contributed by atoms with E-state index in [0.29, 0.717) is 16.8 Å². The predicted octanol–water partition coefficient (Wildman–Crippen LogP) is 6.43. The maximum absolute atomic E-state index is 14.5. The van der Waals surface area contributed by atoms with Crippen LogP contribution in [0.2, 0.25) is 0 Å². The molecule has 36 heavy (non-hydrogen) atoms. The van der Waals surface area contributed by atoms with Gasteiger partial charge in [0, 0.05) is 36.5 Å². The van der Waals surface area contributed by atoms with E-state index in [1.54, 1.807) is 24.4 Å². The number of anilines is 2. The van der Waals surface area contributed by atoms with Crippen molar-refractivity contribution in [1.82, 2.24) is 9.97 Å². The van der Waals surface area contributed by atoms with Gasteiger partial charge in [-0.1, -0.05) is 6.07 Å². The van der Waals surface area contributed by atoms with E-state index >= 15 is 0 Å². The number of alkyl halides is 3. The minimum absolute atomic E-state index is 0.158. The zero-order valence-electron chi connectivity index (χ0n) is 18.8. The number of benzene rings is 3. The number of nitrogens with zero attached hydrogens (tertiary/aromatic N) is 3. The second kappa shape index (κ2) is 9.44. The maximum Gasteiger partial charge on any atom is 0.416 e. The average molecular weight is 496 g/mol. The number of amides is 1. The Morgan fingerprint density at radius 3 is 2.56 bits per heavy atom. The van der Waals surface area contributed by atoms with Gasteiger partial charge in [-0.05, 0) is 55.3 Å². The van der Waals surface area contributed by atoms with Crippen LogP contribution in [0.3, 0.4) is 0 Å². The van der Waals surface area contributed by atoms with E-state index in [2.05, 4.69) is 20.2 Å². The molecule has 0 bridgehead atoms. The molecular weight excluding hydrogens is 476 g/mol. The number of carbonyl (C=O) groups is 1. The smallest absolute Gasteiger partial charge is 0.416 e. The van der Waals surface area contributed by atoms with Crippen molar-refractivity contribution in [2.24, 2.45) is 0 Å². The Hall–Kier alpha value is -4.21. The van der Waals surface area contributed by atoms with E-state index < -0.39 is 23.5 Å². The van der Waals surface area contributed by atoms with Gasteiger partial charge in [0.1, 0.15) is 11.6 Å². The highest BCUT2D eigenvalue weighted by atomic mass is 19.4. The van der Waals surface area contributed by atoms with Crippen LogP contribution in [0.5, 0.6) is 11.5 Å². The molecule has 2 heterocycles. The second-order valence-corrected chi connectivity index (χ2v) is 8.35. The molecule has 0 aliphatic carbocycles. The maximum atomic E-state index is 14.5. The van der Waals surface area contributed by atoms with Gasteiger partial charge in [-0.3, -0.25) is 9.78 Å². The Balaban J connectivity index is 1.35. The number of hydrogen-bond acceptors (Lipinski definition) is 5. The Morgan fingerprint density at radius 1 is 0.972 bits per heavy atom. The molecule has 1 aromatic heterocycles. The van der Waals surface area contributed by atoms with Crippen LogP contribution >= 0.6 is 0 Å². The van der Waals surface area contributed by atoms with Gasteiger partial charge in [0.15, 0.2) is 11.6 Å². The standard InChI is InChI=1S/C26H20F4N4O2/c27-20-8-6-18(32-25(35)16-4-3-5-17(12-16)26(28,29)30)13-23(20)36-19-7-9-21-22(14-19)33-24(15-31-21)34-10-1-2-11-34/h3-9,12-15H,1-2,10-11H2,(H,32,35). The fraction of sp³-hybridized carbons (Fsp3) is 0.192. The summed E-state index contributed by atoms with van der Waals surface area (Å²) in [5.74, 6) is -0.531. The Labute approximate surface area is 203 Å². The third-order valence-electron chi connectivity index (χ3n) is 5.80. The fourth-order valence-electron chi connectivity index (χ4n) is 3.97. The molecule has 0 saturated carbocycles. The van der Waals surface area contributed by atoms with E-state index in [1.807, 2.05) is 0 Å². The van der Waals surface area contributed by atoms with E-state index in [1.165, 1.54) is 18.2 Å². The highest BCUT2D eigenvalue weighted by Crippen LogP contribution is 2.31. The van der Waals surface area contributed by atoms with Gasteiger partial charge in [-0.2, -0.15) is 13.2 Å². The monoisotopic (exact) mass is 496 g/mol. The van der Waals surface area contributed by atoms with Crippen LogP contribution in [-0.4, -0.2) is 29.0 Å². The SMILES string of the molecule is O=C(Nc1ccc(F)c(Oc2ccc3ncc(N4CCCC4)nc3c2)c1)c1cccc(C(F)(F)F)c1. The summed E-state index contributed by atoms with van der Waals surface area (Å²) in [6, 6.07) is 12.7. The molecule has 0 spiro atoms. The molecule has 0 atom stereocenters. The van der Waals surface area contributed by atoms with Crippen molar-refractivity contribution in [2.45, 2.75) is 19.0 Å². The van der Waals surface area contributed by atoms with E-state index in [9.17, 15) is 22.4 Å². The van der Waals surface area contributed by atoms with Crippen LogP contribution in [-0.2, 0) is 6.18 Å². The molecule has 184 valence electrons. The number of fused-ring (bicyclic) bond motifs is 1. The van der Waals surface area contributed by atoms with Crippen molar-refractivity contribution >= 4 is 28.4 Å². The van der Waals surface area contributed by atoms with Gasteiger partial charge >= 0.3 is 6.18 Å². The van der Waals surface area contributed by atoms with E-state index in [-0.39, 0.29) is 17.0 Å². The van der Waals surface area contributed by atoms with Gasteiger partial charge in [0.25, 0.3) is 5.91 Å². The zero-order chi connectivity index (χ0) is 25.3. The van der Waals surface area contributed by atoms with Crippen LogP contribution in [0.4, 0.5) is 29.1 Å². The number of aromatic nitrogens is 2. The molecule has 0 unspecified atom stereocenters. The lowest BCUT2D eigenvalue weighted by Crippen LogP contribution is -2.19. The first-order chi connectivity index (χ1) is 17.3. The molecule has 3 aromatic carbocycles. The van der Waals surface area contributed by atoms with Crippen molar-refractivity contribution in [3.8, 4) is 11.5 Å². The van der Waals surface area contributed by atoms with Crippen molar-refractivity contribution < 1.29 is 27.1 Å². The molecule has 1 saturated heterocycles. The first-order valence-electron chi connectivity index (χ1n) is 11.2. The summed E-state index contributed by atoms with van der Waals surface area (Å²) < 4.78 is 59.1. The minimum Gasteiger partial charge on any atom is -0.454 e. The van der Waals surface area contributed by atoms with Gasteiger partial charge in [0.2, 0.25) is 0 Å². The first-order valence-corrected chi connectivity index (χ1v) is 11.2. The molecule has 4 aromatic rings. The van der Waals surface area contributed by atoms with Crippen LogP contribution in [0.25, 0.3) is 11.0 Å². The summed E-state index contributed by atoms with van der Waals surface area (Å²) in [5.41, 5.74) is 0.286. The molecule has 1 aliphatic heterocycles. The third-order valence-corrected chi connectivity index (χ3v) is 5.80. The molecule has 1 fully saturated rings. The number of hydrogen-bond donors (Lipinski definition) is 1. The van der Waals surface area contributed by atoms with Crippen molar-refractivity contribution in [2.75, 3.05) is 23.3 Å². The lowest BCUT2D eigenvalue weighted by atomic mass is 10.1. The summed E-state index contributed by atoms with van der Waals surface area (Å²) >= 11 is 0. The summed E-state index contributed by atoms with van der Waals surface area (Å²) in [6.07, 6.45) is -0.650. The minimum atomic E-state index is -4.58. The Morgan fingerprint density at radius 2 is 1.78 bits per heavy atom. The Bertz CT molecular complexity index is 1440. The summed E-state index contributed by atoms with van der Waals surface area (Å²) in [4.78, 5) is 23.7. The molecule has 1 amide bonds. The summed E-state index contributed by atoms with van der Waals surface area (Å²) in [6.45, 7) is 1.83. The topological polar surface area (TPSA) is 67.3 Å². The predicted molar refractivity (Wildman–Crippen MR) is 127 cm³/mol. The quantitative estimate of drug-likeness (QED) is 0.323. The zero-order valence-corrected chi connectivity index (χ0v) is 18.8. The molecule has 10 heteroatoms. The first kappa shape index (κ1) is 23.5. The molecule has 1 N–H and O–H groups in total. The normalized spacial score (nSPS) is 13.7. The van der Waals surface area contributed by atoms with E-state index in [4.69, 9.17) is 4.74 Å². The van der Waals surface area contributed by atoms with Crippen LogP contribution in [0, 0.1) is 5.82 Å². The highest BCUT2D eigenvalue weighted by Gasteiger charge is 2.31. The highest BCUT2D eigenvalue weighted by molar-refractivity contribution is 6.04. The van der Waals surface area contributed by atoms with Crippen molar-refractivity contribution in [1.29, 1.82) is 0 Å². The van der Waals surface area contributed by atoms with Crippen molar-refractivity contribution in [3.05, 3.63) is 83.8 Å². The van der Waals surface area contributed by atoms with Crippen LogP contribution in [0.1, 0.15) is 28.8 Å². The average Bonchev–Trinajstić information content (AvgIpc) is 3.40. The van der Waals surface area contributed by atoms with Gasteiger partial charge in [-0.15, -0.1) is 0 Å². The summed E-state index contributed by atoms with van der Waals surface area (Å²) in [5, 5.41) is 2.48. The number of nitrogens with one attached hydrogen (secondary N) is 1. The fourth-order valence-corrected chi connectivity index (χ4v) is 3.97. The van der Waals surface area contributed by atoms with Gasteiger partial charge in [-0.25, -0.2) is 9.37 Å². The lowest BCUT2D eigenvalue weighted by Gasteiger charge is -2.16. The molecule has 1 aliphatic rings. The Kier molecular flexibility index (Phi) is 6.17. The molecule has 6 nitrogen and oxygen atoms in total. The number of halogens is 4.